The van der Waals surface area contributed by atoms with Gasteiger partial charge in [-0.3, -0.25) is 4.31 Å². The van der Waals surface area contributed by atoms with Crippen molar-refractivity contribution in [1.82, 2.24) is 5.32 Å². The van der Waals surface area contributed by atoms with Crippen molar-refractivity contribution in [1.29, 1.82) is 0 Å². The van der Waals surface area contributed by atoms with E-state index in [1.54, 1.807) is 24.3 Å². The van der Waals surface area contributed by atoms with E-state index >= 15 is 0 Å². The normalized spacial score (nSPS) is 16.0. The SMILES string of the molecule is CC(C)NC(=O)Nc1ccc(N(C2CCOCC2)S(C)(=O)=O)cc1. The molecule has 0 atom stereocenters. The smallest absolute Gasteiger partial charge is 0.319 e. The van der Waals surface area contributed by atoms with E-state index in [9.17, 15) is 13.2 Å². The molecule has 0 saturated carbocycles. The molecule has 0 unspecified atom stereocenters. The van der Waals surface area contributed by atoms with Gasteiger partial charge < -0.3 is 15.4 Å². The van der Waals surface area contributed by atoms with Crippen molar-refractivity contribution < 1.29 is 17.9 Å². The van der Waals surface area contributed by atoms with E-state index in [0.29, 0.717) is 37.4 Å². The Morgan fingerprint density at radius 1 is 1.21 bits per heavy atom. The van der Waals surface area contributed by atoms with Crippen LogP contribution in [0.4, 0.5) is 16.2 Å². The summed E-state index contributed by atoms with van der Waals surface area (Å²) in [6.07, 6.45) is 2.55. The molecule has 0 bridgehead atoms. The molecule has 1 aliphatic rings. The number of amides is 2. The van der Waals surface area contributed by atoms with Crippen LogP contribution in [0.15, 0.2) is 24.3 Å². The van der Waals surface area contributed by atoms with E-state index in [1.165, 1.54) is 10.6 Å². The molecule has 1 saturated heterocycles. The summed E-state index contributed by atoms with van der Waals surface area (Å²) in [5.41, 5.74) is 1.21. The van der Waals surface area contributed by atoms with E-state index in [1.807, 2.05) is 13.8 Å². The summed E-state index contributed by atoms with van der Waals surface area (Å²) in [7, 11) is -3.39. The molecule has 1 fully saturated rings. The largest absolute Gasteiger partial charge is 0.381 e. The summed E-state index contributed by atoms with van der Waals surface area (Å²) in [6, 6.07) is 6.47. The zero-order valence-corrected chi connectivity index (χ0v) is 15.1. The number of nitrogens with zero attached hydrogens (tertiary/aromatic N) is 1. The third-order valence-corrected chi connectivity index (χ3v) is 4.90. The van der Waals surface area contributed by atoms with Gasteiger partial charge in [-0.2, -0.15) is 0 Å². The highest BCUT2D eigenvalue weighted by Gasteiger charge is 2.28. The lowest BCUT2D eigenvalue weighted by molar-refractivity contribution is 0.0876. The second-order valence-corrected chi connectivity index (χ2v) is 8.06. The van der Waals surface area contributed by atoms with Crippen LogP contribution in [0.5, 0.6) is 0 Å². The van der Waals surface area contributed by atoms with Crippen LogP contribution in [0.25, 0.3) is 0 Å². The quantitative estimate of drug-likeness (QED) is 0.847. The maximum absolute atomic E-state index is 12.2. The van der Waals surface area contributed by atoms with Gasteiger partial charge in [0.1, 0.15) is 0 Å². The number of hydrogen-bond donors (Lipinski definition) is 2. The van der Waals surface area contributed by atoms with E-state index in [2.05, 4.69) is 10.6 Å². The van der Waals surface area contributed by atoms with Gasteiger partial charge in [0, 0.05) is 31.0 Å². The highest BCUT2D eigenvalue weighted by Crippen LogP contribution is 2.27. The Labute approximate surface area is 143 Å². The lowest BCUT2D eigenvalue weighted by Gasteiger charge is -2.34. The Hall–Kier alpha value is -1.80. The Bertz CT molecular complexity index is 652. The van der Waals surface area contributed by atoms with Gasteiger partial charge in [0.05, 0.1) is 11.9 Å². The maximum Gasteiger partial charge on any atom is 0.319 e. The van der Waals surface area contributed by atoms with Gasteiger partial charge in [-0.1, -0.05) is 0 Å². The number of carbonyl (C=O) groups is 1. The lowest BCUT2D eigenvalue weighted by Crippen LogP contribution is -2.43. The number of rotatable bonds is 5. The first-order valence-corrected chi connectivity index (χ1v) is 9.87. The Morgan fingerprint density at radius 2 is 1.79 bits per heavy atom. The van der Waals surface area contributed by atoms with Gasteiger partial charge >= 0.3 is 6.03 Å². The van der Waals surface area contributed by atoms with Crippen molar-refractivity contribution in [3.8, 4) is 0 Å². The first-order valence-electron chi connectivity index (χ1n) is 8.02. The minimum Gasteiger partial charge on any atom is -0.381 e. The van der Waals surface area contributed by atoms with E-state index in [4.69, 9.17) is 4.74 Å². The van der Waals surface area contributed by atoms with Gasteiger partial charge in [-0.15, -0.1) is 0 Å². The minimum atomic E-state index is -3.39. The Kier molecular flexibility index (Phi) is 6.06. The molecule has 134 valence electrons. The number of sulfonamides is 1. The van der Waals surface area contributed by atoms with Crippen LogP contribution in [0, 0.1) is 0 Å². The van der Waals surface area contributed by atoms with Crippen LogP contribution in [-0.4, -0.2) is 46.0 Å². The van der Waals surface area contributed by atoms with Crippen LogP contribution in [-0.2, 0) is 14.8 Å². The van der Waals surface area contributed by atoms with Gasteiger partial charge in [-0.05, 0) is 51.0 Å². The number of benzene rings is 1. The molecule has 0 aliphatic carbocycles. The fraction of sp³-hybridized carbons (Fsp3) is 0.562. The molecule has 7 nitrogen and oxygen atoms in total. The number of nitrogens with one attached hydrogen (secondary N) is 2. The van der Waals surface area contributed by atoms with E-state index in [0.717, 1.165) is 0 Å². The standard InChI is InChI=1S/C16H25N3O4S/c1-12(2)17-16(20)18-13-4-6-14(7-5-13)19(24(3,21)22)15-8-10-23-11-9-15/h4-7,12,15H,8-11H2,1-3H3,(H2,17,18,20). The average molecular weight is 355 g/mol. The van der Waals surface area contributed by atoms with Crippen LogP contribution >= 0.6 is 0 Å². The summed E-state index contributed by atoms with van der Waals surface area (Å²) >= 11 is 0. The lowest BCUT2D eigenvalue weighted by atomic mass is 10.1. The average Bonchev–Trinajstić information content (AvgIpc) is 2.48. The third kappa shape index (κ3) is 5.10. The number of hydrogen-bond acceptors (Lipinski definition) is 4. The van der Waals surface area contributed by atoms with E-state index in [-0.39, 0.29) is 18.1 Å². The second-order valence-electron chi connectivity index (χ2n) is 6.20. The Morgan fingerprint density at radius 3 is 2.29 bits per heavy atom. The minimum absolute atomic E-state index is 0.0403. The first kappa shape index (κ1) is 18.5. The fourth-order valence-electron chi connectivity index (χ4n) is 2.71. The number of carbonyl (C=O) groups excluding carboxylic acids is 1. The summed E-state index contributed by atoms with van der Waals surface area (Å²) in [5.74, 6) is 0. The van der Waals surface area contributed by atoms with Gasteiger partial charge in [0.15, 0.2) is 0 Å². The summed E-state index contributed by atoms with van der Waals surface area (Å²) in [5, 5.41) is 5.45. The molecule has 24 heavy (non-hydrogen) atoms. The van der Waals surface area contributed by atoms with Crippen LogP contribution in [0.3, 0.4) is 0 Å². The third-order valence-electron chi connectivity index (χ3n) is 3.68. The van der Waals surface area contributed by atoms with Crippen LogP contribution in [0.1, 0.15) is 26.7 Å². The summed E-state index contributed by atoms with van der Waals surface area (Å²) in [6.45, 7) is 4.87. The monoisotopic (exact) mass is 355 g/mol. The van der Waals surface area contributed by atoms with Crippen molar-refractivity contribution in [2.75, 3.05) is 29.1 Å². The molecule has 2 amide bonds. The van der Waals surface area contributed by atoms with Crippen molar-refractivity contribution in [3.05, 3.63) is 24.3 Å². The zero-order chi connectivity index (χ0) is 17.7. The van der Waals surface area contributed by atoms with Gasteiger partial charge in [0.25, 0.3) is 0 Å². The molecule has 0 spiro atoms. The molecule has 8 heteroatoms. The summed E-state index contributed by atoms with van der Waals surface area (Å²) in [4.78, 5) is 11.7. The number of anilines is 2. The molecular weight excluding hydrogens is 330 g/mol. The van der Waals surface area contributed by atoms with Crippen LogP contribution in [0.2, 0.25) is 0 Å². The first-order chi connectivity index (χ1) is 11.3. The molecule has 1 aromatic rings. The molecule has 0 aromatic heterocycles. The van der Waals surface area contributed by atoms with Crippen molar-refractivity contribution in [2.24, 2.45) is 0 Å². The molecule has 2 N–H and O–H groups in total. The fourth-order valence-corrected chi connectivity index (χ4v) is 3.97. The van der Waals surface area contributed by atoms with Crippen molar-refractivity contribution >= 4 is 27.4 Å². The highest BCUT2D eigenvalue weighted by molar-refractivity contribution is 7.92. The van der Waals surface area contributed by atoms with Gasteiger partial charge in [-0.25, -0.2) is 13.2 Å². The van der Waals surface area contributed by atoms with Crippen molar-refractivity contribution in [3.63, 3.8) is 0 Å². The van der Waals surface area contributed by atoms with Crippen molar-refractivity contribution in [2.45, 2.75) is 38.8 Å². The number of ether oxygens (including phenoxy) is 1. The predicted molar refractivity (Wildman–Crippen MR) is 94.9 cm³/mol. The molecule has 1 aliphatic heterocycles. The van der Waals surface area contributed by atoms with Gasteiger partial charge in [0.2, 0.25) is 10.0 Å². The second kappa shape index (κ2) is 7.85. The molecular formula is C16H25N3O4S. The molecule has 1 aromatic carbocycles. The molecule has 0 radical (unpaired) electrons. The molecule has 2 rings (SSSR count). The summed E-state index contributed by atoms with van der Waals surface area (Å²) < 4.78 is 31.2. The maximum atomic E-state index is 12.2. The molecule has 1 heterocycles. The highest BCUT2D eigenvalue weighted by atomic mass is 32.2. The Balaban J connectivity index is 2.15. The zero-order valence-electron chi connectivity index (χ0n) is 14.3. The number of urea groups is 1. The van der Waals surface area contributed by atoms with E-state index < -0.39 is 10.0 Å². The topological polar surface area (TPSA) is 87.7 Å². The predicted octanol–water partition coefficient (Wildman–Crippen LogP) is 2.16. The van der Waals surface area contributed by atoms with Crippen LogP contribution < -0.4 is 14.9 Å².